The molecular formula is C12H14O. The second kappa shape index (κ2) is 2.69. The van der Waals surface area contributed by atoms with E-state index in [-0.39, 0.29) is 11.3 Å². The van der Waals surface area contributed by atoms with Crippen LogP contribution in [0.5, 0.6) is 0 Å². The average Bonchev–Trinajstić information content (AvgIpc) is 2.04. The summed E-state index contributed by atoms with van der Waals surface area (Å²) in [5.41, 5.74) is 1.34. The van der Waals surface area contributed by atoms with Crippen molar-refractivity contribution < 1.29 is 4.79 Å². The molecule has 1 saturated carbocycles. The summed E-state index contributed by atoms with van der Waals surface area (Å²) in [5.74, 6) is 0.518. The molecule has 13 heavy (non-hydrogen) atoms. The predicted molar refractivity (Wildman–Crippen MR) is 52.6 cm³/mol. The summed E-state index contributed by atoms with van der Waals surface area (Å²) < 4.78 is 0. The lowest BCUT2D eigenvalue weighted by atomic mass is 9.59. The Balaban J connectivity index is 2.32. The first kappa shape index (κ1) is 8.49. The van der Waals surface area contributed by atoms with E-state index < -0.39 is 0 Å². The minimum Gasteiger partial charge on any atom is -0.299 e. The van der Waals surface area contributed by atoms with E-state index in [0.29, 0.717) is 5.78 Å². The van der Waals surface area contributed by atoms with Crippen molar-refractivity contribution in [3.05, 3.63) is 35.9 Å². The molecule has 1 atom stereocenters. The maximum Gasteiger partial charge on any atom is 0.141 e. The number of benzene rings is 1. The van der Waals surface area contributed by atoms with Gasteiger partial charge in [0.1, 0.15) is 5.78 Å². The highest BCUT2D eigenvalue weighted by Crippen LogP contribution is 2.49. The van der Waals surface area contributed by atoms with Gasteiger partial charge in [0.25, 0.3) is 0 Å². The fourth-order valence-electron chi connectivity index (χ4n) is 2.24. The molecule has 0 heterocycles. The van der Waals surface area contributed by atoms with Crippen molar-refractivity contribution in [3.63, 3.8) is 0 Å². The van der Waals surface area contributed by atoms with Gasteiger partial charge in [-0.3, -0.25) is 4.79 Å². The number of carbonyl (C=O) groups is 1. The molecule has 0 spiro atoms. The molecule has 1 heteroatoms. The van der Waals surface area contributed by atoms with Crippen LogP contribution in [0.15, 0.2) is 30.3 Å². The summed E-state index contributed by atoms with van der Waals surface area (Å²) >= 11 is 0. The molecule has 1 fully saturated rings. The minimum absolute atomic E-state index is 0.133. The second-order valence-corrected chi connectivity index (χ2v) is 4.48. The number of hydrogen-bond acceptors (Lipinski definition) is 1. The van der Waals surface area contributed by atoms with E-state index in [4.69, 9.17) is 0 Å². The van der Waals surface area contributed by atoms with Crippen LogP contribution in [0.2, 0.25) is 0 Å². The van der Waals surface area contributed by atoms with Crippen LogP contribution in [0.1, 0.15) is 31.7 Å². The number of rotatable bonds is 1. The third kappa shape index (κ3) is 1.28. The minimum atomic E-state index is 0.133. The quantitative estimate of drug-likeness (QED) is 0.639. The van der Waals surface area contributed by atoms with E-state index in [2.05, 4.69) is 13.8 Å². The third-order valence-electron chi connectivity index (χ3n) is 2.87. The van der Waals surface area contributed by atoms with Crippen molar-refractivity contribution in [2.75, 3.05) is 0 Å². The topological polar surface area (TPSA) is 17.1 Å². The van der Waals surface area contributed by atoms with Gasteiger partial charge >= 0.3 is 0 Å². The fourth-order valence-corrected chi connectivity index (χ4v) is 2.24. The zero-order valence-electron chi connectivity index (χ0n) is 8.08. The molecule has 0 radical (unpaired) electrons. The molecule has 0 aliphatic heterocycles. The highest BCUT2D eigenvalue weighted by atomic mass is 16.1. The molecule has 1 aliphatic carbocycles. The van der Waals surface area contributed by atoms with Crippen molar-refractivity contribution in [2.24, 2.45) is 5.41 Å². The molecule has 1 unspecified atom stereocenters. The monoisotopic (exact) mass is 174 g/mol. The van der Waals surface area contributed by atoms with Crippen LogP contribution in [-0.4, -0.2) is 5.78 Å². The van der Waals surface area contributed by atoms with Gasteiger partial charge in [-0.2, -0.15) is 0 Å². The summed E-state index contributed by atoms with van der Waals surface area (Å²) in [6.07, 6.45) is 0.729. The molecule has 68 valence electrons. The third-order valence-corrected chi connectivity index (χ3v) is 2.87. The first-order chi connectivity index (χ1) is 6.11. The Labute approximate surface area is 78.8 Å². The van der Waals surface area contributed by atoms with E-state index in [1.807, 2.05) is 30.3 Å². The van der Waals surface area contributed by atoms with Crippen molar-refractivity contribution in [2.45, 2.75) is 26.2 Å². The molecule has 0 aromatic heterocycles. The van der Waals surface area contributed by atoms with Crippen LogP contribution in [0.4, 0.5) is 0 Å². The Morgan fingerprint density at radius 1 is 1.23 bits per heavy atom. The first-order valence-electron chi connectivity index (χ1n) is 4.69. The lowest BCUT2D eigenvalue weighted by molar-refractivity contribution is -0.134. The largest absolute Gasteiger partial charge is 0.299 e. The molecule has 0 N–H and O–H groups in total. The average molecular weight is 174 g/mol. The lowest BCUT2D eigenvalue weighted by Crippen LogP contribution is -2.42. The van der Waals surface area contributed by atoms with Gasteiger partial charge in [-0.05, 0) is 11.0 Å². The Bertz CT molecular complexity index is 324. The molecule has 0 amide bonds. The summed E-state index contributed by atoms with van der Waals surface area (Å²) in [6.45, 7) is 4.32. The standard InChI is InChI=1S/C12H14O/c1-12(2)8-10(13)11(12)9-6-4-3-5-7-9/h3-7,11H,8H2,1-2H3. The van der Waals surface area contributed by atoms with E-state index in [1.54, 1.807) is 0 Å². The maximum absolute atomic E-state index is 11.4. The van der Waals surface area contributed by atoms with Gasteiger partial charge < -0.3 is 0 Å². The SMILES string of the molecule is CC1(C)CC(=O)C1c1ccccc1. The van der Waals surface area contributed by atoms with Crippen molar-refractivity contribution in [3.8, 4) is 0 Å². The van der Waals surface area contributed by atoms with E-state index in [9.17, 15) is 4.79 Å². The molecule has 0 saturated heterocycles. The zero-order valence-corrected chi connectivity index (χ0v) is 8.08. The Kier molecular flexibility index (Phi) is 1.76. The summed E-state index contributed by atoms with van der Waals surface area (Å²) in [5, 5.41) is 0. The number of carbonyl (C=O) groups excluding carboxylic acids is 1. The predicted octanol–water partition coefficient (Wildman–Crippen LogP) is 2.77. The zero-order chi connectivity index (χ0) is 9.47. The molecule has 1 aliphatic rings. The first-order valence-corrected chi connectivity index (χ1v) is 4.69. The van der Waals surface area contributed by atoms with Gasteiger partial charge in [0.15, 0.2) is 0 Å². The van der Waals surface area contributed by atoms with Gasteiger partial charge in [-0.25, -0.2) is 0 Å². The highest BCUT2D eigenvalue weighted by molar-refractivity contribution is 5.93. The molecular weight excluding hydrogens is 160 g/mol. The maximum atomic E-state index is 11.4. The lowest BCUT2D eigenvalue weighted by Gasteiger charge is -2.43. The summed E-state index contributed by atoms with van der Waals surface area (Å²) in [7, 11) is 0. The number of Topliss-reactive ketones (excluding diaryl/α,β-unsaturated/α-hetero) is 1. The Hall–Kier alpha value is -1.11. The summed E-state index contributed by atoms with van der Waals surface area (Å²) in [4.78, 5) is 11.4. The van der Waals surface area contributed by atoms with Gasteiger partial charge in [0, 0.05) is 12.3 Å². The normalized spacial score (nSPS) is 25.4. The van der Waals surface area contributed by atoms with Gasteiger partial charge in [-0.15, -0.1) is 0 Å². The van der Waals surface area contributed by atoms with E-state index in [1.165, 1.54) is 5.56 Å². The van der Waals surface area contributed by atoms with Crippen molar-refractivity contribution in [1.29, 1.82) is 0 Å². The Morgan fingerprint density at radius 3 is 2.31 bits per heavy atom. The van der Waals surface area contributed by atoms with Gasteiger partial charge in [-0.1, -0.05) is 44.2 Å². The molecule has 1 aromatic carbocycles. The molecule has 1 nitrogen and oxygen atoms in total. The number of ketones is 1. The summed E-state index contributed by atoms with van der Waals surface area (Å²) in [6, 6.07) is 10.1. The van der Waals surface area contributed by atoms with E-state index in [0.717, 1.165) is 6.42 Å². The Morgan fingerprint density at radius 2 is 1.85 bits per heavy atom. The van der Waals surface area contributed by atoms with Gasteiger partial charge in [0.05, 0.1) is 0 Å². The molecule has 1 aromatic rings. The fraction of sp³-hybridized carbons (Fsp3) is 0.417. The van der Waals surface area contributed by atoms with Crippen LogP contribution in [0, 0.1) is 5.41 Å². The van der Waals surface area contributed by atoms with Gasteiger partial charge in [0.2, 0.25) is 0 Å². The second-order valence-electron chi connectivity index (χ2n) is 4.48. The molecule has 0 bridgehead atoms. The van der Waals surface area contributed by atoms with Crippen LogP contribution in [-0.2, 0) is 4.79 Å². The van der Waals surface area contributed by atoms with E-state index >= 15 is 0 Å². The van der Waals surface area contributed by atoms with Crippen LogP contribution in [0.25, 0.3) is 0 Å². The van der Waals surface area contributed by atoms with Crippen LogP contribution < -0.4 is 0 Å². The molecule has 2 rings (SSSR count). The van der Waals surface area contributed by atoms with Crippen LogP contribution in [0.3, 0.4) is 0 Å². The van der Waals surface area contributed by atoms with Crippen molar-refractivity contribution >= 4 is 5.78 Å². The number of hydrogen-bond donors (Lipinski definition) is 0. The highest BCUT2D eigenvalue weighted by Gasteiger charge is 2.46. The van der Waals surface area contributed by atoms with Crippen LogP contribution >= 0.6 is 0 Å². The van der Waals surface area contributed by atoms with Crippen molar-refractivity contribution in [1.82, 2.24) is 0 Å². The smallest absolute Gasteiger partial charge is 0.141 e.